The predicted octanol–water partition coefficient (Wildman–Crippen LogP) is 2.74. The van der Waals surface area contributed by atoms with E-state index in [9.17, 15) is 21.6 Å². The number of nitrogens with zero attached hydrogens (tertiary/aromatic N) is 1. The van der Waals surface area contributed by atoms with Crippen LogP contribution in [0.1, 0.15) is 16.3 Å². The molecule has 2 heterocycles. The van der Waals surface area contributed by atoms with Gasteiger partial charge >= 0.3 is 0 Å². The van der Waals surface area contributed by atoms with Gasteiger partial charge in [-0.1, -0.05) is 12.1 Å². The van der Waals surface area contributed by atoms with Crippen molar-refractivity contribution in [2.24, 2.45) is 0 Å². The summed E-state index contributed by atoms with van der Waals surface area (Å²) in [5.74, 6) is 0.237. The number of rotatable bonds is 3. The van der Waals surface area contributed by atoms with E-state index in [1.165, 1.54) is 54.6 Å². The summed E-state index contributed by atoms with van der Waals surface area (Å²) < 4.78 is 56.5. The number of anilines is 2. The molecule has 0 aliphatic carbocycles. The van der Waals surface area contributed by atoms with Gasteiger partial charge in [0, 0.05) is 5.69 Å². The molecule has 0 bridgehead atoms. The number of hydrogen-bond acceptors (Lipinski definition) is 6. The Morgan fingerprint density at radius 1 is 0.857 bits per heavy atom. The molecule has 0 saturated heterocycles. The van der Waals surface area contributed by atoms with Crippen LogP contribution in [0.25, 0.3) is 0 Å². The van der Waals surface area contributed by atoms with Crippen molar-refractivity contribution >= 4 is 37.3 Å². The third-order valence-electron chi connectivity index (χ3n) is 4.14. The van der Waals surface area contributed by atoms with Crippen LogP contribution in [0.2, 0.25) is 0 Å². The van der Waals surface area contributed by atoms with Crippen LogP contribution >= 0.6 is 0 Å². The number of hydrogen-bond donors (Lipinski definition) is 1. The van der Waals surface area contributed by atoms with E-state index >= 15 is 0 Å². The van der Waals surface area contributed by atoms with Gasteiger partial charge in [-0.05, 0) is 55.5 Å². The molecule has 1 aliphatic rings. The standard InChI is InChI=1S/C18H14N2O6S2/c1-12-6-11-15(26-12)18(21)19-13-7-9-14(10-8-13)20-27(22,23)16-4-2-3-5-17(16)28(20,24)25/h2-11H,1H3,(H,19,21). The molecule has 0 unspecified atom stereocenters. The molecular formula is C18H14N2O6S2. The van der Waals surface area contributed by atoms with E-state index in [4.69, 9.17) is 4.42 Å². The van der Waals surface area contributed by atoms with Gasteiger partial charge in [-0.3, -0.25) is 4.79 Å². The Labute approximate surface area is 161 Å². The molecule has 0 atom stereocenters. The molecule has 1 amide bonds. The fourth-order valence-electron chi connectivity index (χ4n) is 2.88. The van der Waals surface area contributed by atoms with Crippen LogP contribution < -0.4 is 9.03 Å². The summed E-state index contributed by atoms with van der Waals surface area (Å²) in [6, 6.07) is 14.1. The first-order valence-corrected chi connectivity index (χ1v) is 11.0. The lowest BCUT2D eigenvalue weighted by molar-refractivity contribution is 0.0995. The zero-order valence-corrected chi connectivity index (χ0v) is 16.1. The van der Waals surface area contributed by atoms with Gasteiger partial charge in [0.2, 0.25) is 0 Å². The van der Waals surface area contributed by atoms with E-state index in [1.807, 2.05) is 0 Å². The van der Waals surface area contributed by atoms with E-state index in [2.05, 4.69) is 5.32 Å². The zero-order chi connectivity index (χ0) is 20.1. The van der Waals surface area contributed by atoms with Crippen LogP contribution in [0.5, 0.6) is 0 Å². The minimum Gasteiger partial charge on any atom is -0.456 e. The number of carbonyl (C=O) groups excluding carboxylic acids is 1. The molecule has 0 saturated carbocycles. The highest BCUT2D eigenvalue weighted by atomic mass is 32.3. The molecule has 0 spiro atoms. The number of carbonyl (C=O) groups is 1. The number of nitrogens with one attached hydrogen (secondary N) is 1. The summed E-state index contributed by atoms with van der Waals surface area (Å²) in [5, 5.41) is 2.60. The van der Waals surface area contributed by atoms with Crippen LogP contribution in [0.4, 0.5) is 11.4 Å². The maximum Gasteiger partial charge on any atom is 0.291 e. The van der Waals surface area contributed by atoms with Crippen molar-refractivity contribution in [3.05, 3.63) is 72.2 Å². The van der Waals surface area contributed by atoms with Gasteiger partial charge in [0.1, 0.15) is 15.6 Å². The number of sulfonamides is 2. The molecule has 1 aromatic heterocycles. The van der Waals surface area contributed by atoms with Crippen molar-refractivity contribution in [2.75, 3.05) is 9.03 Å². The average molecular weight is 418 g/mol. The molecule has 1 N–H and O–H groups in total. The molecule has 4 rings (SSSR count). The number of fused-ring (bicyclic) bond motifs is 1. The lowest BCUT2D eigenvalue weighted by Crippen LogP contribution is -2.30. The van der Waals surface area contributed by atoms with Crippen LogP contribution in [0.15, 0.2) is 74.9 Å². The molecule has 144 valence electrons. The Hall–Kier alpha value is -3.11. The smallest absolute Gasteiger partial charge is 0.291 e. The Kier molecular flexibility index (Phi) is 4.05. The predicted molar refractivity (Wildman–Crippen MR) is 101 cm³/mol. The molecule has 0 fully saturated rings. The first-order valence-electron chi connectivity index (χ1n) is 8.09. The van der Waals surface area contributed by atoms with Crippen molar-refractivity contribution in [2.45, 2.75) is 16.7 Å². The van der Waals surface area contributed by atoms with Crippen molar-refractivity contribution in [1.82, 2.24) is 0 Å². The van der Waals surface area contributed by atoms with Crippen LogP contribution in [0.3, 0.4) is 0 Å². The minimum absolute atomic E-state index is 0.0527. The van der Waals surface area contributed by atoms with Gasteiger partial charge in [-0.25, -0.2) is 0 Å². The molecular weight excluding hydrogens is 404 g/mol. The van der Waals surface area contributed by atoms with Crippen molar-refractivity contribution in [1.29, 1.82) is 0 Å². The highest BCUT2D eigenvalue weighted by Gasteiger charge is 2.47. The second kappa shape index (κ2) is 6.21. The van der Waals surface area contributed by atoms with Crippen molar-refractivity contribution < 1.29 is 26.0 Å². The average Bonchev–Trinajstić information content (AvgIpc) is 3.15. The minimum atomic E-state index is -4.24. The van der Waals surface area contributed by atoms with Gasteiger partial charge in [0.05, 0.1) is 5.69 Å². The Morgan fingerprint density at radius 3 is 1.93 bits per heavy atom. The van der Waals surface area contributed by atoms with Crippen molar-refractivity contribution in [3.63, 3.8) is 0 Å². The fraction of sp³-hybridized carbons (Fsp3) is 0.0556. The number of aryl methyl sites for hydroxylation is 1. The molecule has 8 nitrogen and oxygen atoms in total. The normalized spacial score (nSPS) is 16.5. The van der Waals surface area contributed by atoms with Gasteiger partial charge in [-0.15, -0.1) is 0 Å². The Bertz CT molecular complexity index is 1240. The summed E-state index contributed by atoms with van der Waals surface area (Å²) in [6.07, 6.45) is 0. The molecule has 2 aromatic carbocycles. The second-order valence-electron chi connectivity index (χ2n) is 6.07. The molecule has 0 radical (unpaired) electrons. The third-order valence-corrected chi connectivity index (χ3v) is 8.57. The van der Waals surface area contributed by atoms with Gasteiger partial charge in [-0.2, -0.15) is 20.5 Å². The van der Waals surface area contributed by atoms with Crippen LogP contribution in [-0.2, 0) is 20.0 Å². The quantitative estimate of drug-likeness (QED) is 0.700. The van der Waals surface area contributed by atoms with Gasteiger partial charge in [0.15, 0.2) is 5.76 Å². The zero-order valence-electron chi connectivity index (χ0n) is 14.5. The largest absolute Gasteiger partial charge is 0.456 e. The highest BCUT2D eigenvalue weighted by Crippen LogP contribution is 2.40. The van der Waals surface area contributed by atoms with E-state index in [1.54, 1.807) is 13.0 Å². The Balaban J connectivity index is 1.65. The number of amides is 1. The number of benzene rings is 2. The molecule has 28 heavy (non-hydrogen) atoms. The molecule has 3 aromatic rings. The summed E-state index contributed by atoms with van der Waals surface area (Å²) in [4.78, 5) is 11.6. The first kappa shape index (κ1) is 18.3. The van der Waals surface area contributed by atoms with E-state index < -0.39 is 26.0 Å². The second-order valence-corrected chi connectivity index (χ2v) is 9.81. The molecule has 1 aliphatic heterocycles. The van der Waals surface area contributed by atoms with E-state index in [-0.39, 0.29) is 21.2 Å². The van der Waals surface area contributed by atoms with E-state index in [0.717, 1.165) is 0 Å². The van der Waals surface area contributed by atoms with Gasteiger partial charge in [0.25, 0.3) is 26.0 Å². The summed E-state index contributed by atoms with van der Waals surface area (Å²) >= 11 is 0. The lowest BCUT2D eigenvalue weighted by atomic mass is 10.3. The lowest BCUT2D eigenvalue weighted by Gasteiger charge is -2.16. The summed E-state index contributed by atoms with van der Waals surface area (Å²) in [5.41, 5.74) is 0.303. The van der Waals surface area contributed by atoms with Crippen molar-refractivity contribution in [3.8, 4) is 0 Å². The highest BCUT2D eigenvalue weighted by molar-refractivity contribution is 8.12. The topological polar surface area (TPSA) is 114 Å². The van der Waals surface area contributed by atoms with Crippen LogP contribution in [0, 0.1) is 6.92 Å². The maximum atomic E-state index is 12.7. The van der Waals surface area contributed by atoms with Crippen LogP contribution in [-0.4, -0.2) is 22.7 Å². The van der Waals surface area contributed by atoms with E-state index in [0.29, 0.717) is 15.2 Å². The summed E-state index contributed by atoms with van der Waals surface area (Å²) in [7, 11) is -8.48. The van der Waals surface area contributed by atoms with Gasteiger partial charge < -0.3 is 9.73 Å². The fourth-order valence-corrected chi connectivity index (χ4v) is 7.33. The SMILES string of the molecule is Cc1ccc(C(=O)Nc2ccc(N3S(=O)(=O)c4ccccc4S3(=O)=O)cc2)o1. The first-order chi connectivity index (χ1) is 13.2. The maximum absolute atomic E-state index is 12.7. The summed E-state index contributed by atoms with van der Waals surface area (Å²) in [6.45, 7) is 1.71. The molecule has 10 heteroatoms. The number of furan rings is 1. The monoisotopic (exact) mass is 418 g/mol. The third kappa shape index (κ3) is 2.77. The Morgan fingerprint density at radius 2 is 1.43 bits per heavy atom.